The van der Waals surface area contributed by atoms with Gasteiger partial charge >= 0.3 is 0 Å². The van der Waals surface area contributed by atoms with Gasteiger partial charge in [-0.05, 0) is 37.1 Å². The van der Waals surface area contributed by atoms with Crippen LogP contribution >= 0.6 is 0 Å². The van der Waals surface area contributed by atoms with Gasteiger partial charge in [-0.15, -0.1) is 0 Å². The summed E-state index contributed by atoms with van der Waals surface area (Å²) in [6.07, 6.45) is 4.45. The number of nitrogens with zero attached hydrogens (tertiary/aromatic N) is 5. The average Bonchev–Trinajstić information content (AvgIpc) is 3.22. The summed E-state index contributed by atoms with van der Waals surface area (Å²) in [7, 11) is 0. The molecule has 0 aliphatic heterocycles. The predicted molar refractivity (Wildman–Crippen MR) is 111 cm³/mol. The van der Waals surface area contributed by atoms with E-state index in [0.717, 1.165) is 12.8 Å². The van der Waals surface area contributed by atoms with E-state index >= 15 is 0 Å². The molecule has 0 amide bonds. The SMILES string of the molecule is CC.O=c1c2cccnc2ncn1Cc1nc(C2CC(Oc3cccc(F)c3)C2)no1. The molecule has 1 aliphatic carbocycles. The van der Waals surface area contributed by atoms with Crippen LogP contribution in [0.2, 0.25) is 0 Å². The summed E-state index contributed by atoms with van der Waals surface area (Å²) in [5.41, 5.74) is 0.189. The van der Waals surface area contributed by atoms with Gasteiger partial charge in [-0.2, -0.15) is 4.98 Å². The predicted octanol–water partition coefficient (Wildman–Crippen LogP) is 3.71. The molecule has 0 radical (unpaired) electrons. The Balaban J connectivity index is 0.00000112. The number of aromatic nitrogens is 5. The van der Waals surface area contributed by atoms with Crippen molar-refractivity contribution in [2.75, 3.05) is 0 Å². The summed E-state index contributed by atoms with van der Waals surface area (Å²) < 4.78 is 25.7. The van der Waals surface area contributed by atoms with Crippen LogP contribution in [-0.2, 0) is 6.54 Å². The minimum Gasteiger partial charge on any atom is -0.490 e. The zero-order valence-electron chi connectivity index (χ0n) is 17.2. The molecule has 31 heavy (non-hydrogen) atoms. The Kier molecular flexibility index (Phi) is 6.01. The maximum Gasteiger partial charge on any atom is 0.263 e. The number of pyridine rings is 1. The van der Waals surface area contributed by atoms with E-state index in [2.05, 4.69) is 20.1 Å². The van der Waals surface area contributed by atoms with Crippen LogP contribution in [0.1, 0.15) is 44.3 Å². The Morgan fingerprint density at radius 2 is 2.03 bits per heavy atom. The minimum atomic E-state index is -0.324. The van der Waals surface area contributed by atoms with Crippen LogP contribution in [0.15, 0.2) is 58.2 Å². The third-order valence-electron chi connectivity index (χ3n) is 4.95. The Morgan fingerprint density at radius 3 is 2.84 bits per heavy atom. The molecule has 1 aromatic carbocycles. The lowest BCUT2D eigenvalue weighted by molar-refractivity contribution is 0.0939. The third-order valence-corrected chi connectivity index (χ3v) is 4.95. The lowest BCUT2D eigenvalue weighted by Gasteiger charge is -2.33. The maximum atomic E-state index is 13.2. The molecule has 3 heterocycles. The first kappa shape index (κ1) is 20.6. The van der Waals surface area contributed by atoms with E-state index in [-0.39, 0.29) is 29.9 Å². The molecule has 0 unspecified atom stereocenters. The second-order valence-electron chi connectivity index (χ2n) is 6.96. The lowest BCUT2D eigenvalue weighted by atomic mass is 9.82. The van der Waals surface area contributed by atoms with Crippen molar-refractivity contribution in [2.45, 2.75) is 45.3 Å². The number of halogens is 1. The van der Waals surface area contributed by atoms with Gasteiger partial charge in [0.25, 0.3) is 5.56 Å². The summed E-state index contributed by atoms with van der Waals surface area (Å²) >= 11 is 0. The lowest BCUT2D eigenvalue weighted by Crippen LogP contribution is -2.32. The van der Waals surface area contributed by atoms with Gasteiger partial charge in [-0.3, -0.25) is 9.36 Å². The van der Waals surface area contributed by atoms with Crippen molar-refractivity contribution >= 4 is 11.0 Å². The Hall–Kier alpha value is -3.62. The maximum absolute atomic E-state index is 13.2. The molecule has 0 N–H and O–H groups in total. The molecule has 3 aromatic heterocycles. The van der Waals surface area contributed by atoms with Crippen molar-refractivity contribution in [3.63, 3.8) is 0 Å². The van der Waals surface area contributed by atoms with Crippen LogP contribution in [0.3, 0.4) is 0 Å². The fraction of sp³-hybridized carbons (Fsp3) is 0.318. The van der Waals surface area contributed by atoms with Crippen LogP contribution in [0.5, 0.6) is 5.75 Å². The first-order valence-electron chi connectivity index (χ1n) is 10.2. The van der Waals surface area contributed by atoms with Gasteiger partial charge in [0.2, 0.25) is 5.89 Å². The summed E-state index contributed by atoms with van der Waals surface area (Å²) in [4.78, 5) is 25.2. The Labute approximate surface area is 177 Å². The van der Waals surface area contributed by atoms with E-state index in [9.17, 15) is 9.18 Å². The van der Waals surface area contributed by atoms with Crippen molar-refractivity contribution < 1.29 is 13.7 Å². The highest BCUT2D eigenvalue weighted by atomic mass is 19.1. The number of fused-ring (bicyclic) bond motifs is 1. The summed E-state index contributed by atoms with van der Waals surface area (Å²) in [6, 6.07) is 9.47. The largest absolute Gasteiger partial charge is 0.490 e. The summed E-state index contributed by atoms with van der Waals surface area (Å²) in [5.74, 6) is 1.22. The van der Waals surface area contributed by atoms with E-state index in [4.69, 9.17) is 9.26 Å². The highest BCUT2D eigenvalue weighted by Gasteiger charge is 2.35. The van der Waals surface area contributed by atoms with Crippen LogP contribution in [0.4, 0.5) is 4.39 Å². The molecule has 9 heteroatoms. The first-order chi connectivity index (χ1) is 15.2. The highest BCUT2D eigenvalue weighted by Crippen LogP contribution is 2.37. The Morgan fingerprint density at radius 1 is 1.19 bits per heavy atom. The normalized spacial score (nSPS) is 17.5. The molecule has 5 rings (SSSR count). The highest BCUT2D eigenvalue weighted by molar-refractivity contribution is 5.72. The minimum absolute atomic E-state index is 0.0106. The average molecular weight is 423 g/mol. The van der Waals surface area contributed by atoms with Gasteiger partial charge in [0.05, 0.1) is 5.39 Å². The topological polar surface area (TPSA) is 95.9 Å². The second kappa shape index (κ2) is 9.03. The van der Waals surface area contributed by atoms with Gasteiger partial charge in [0.15, 0.2) is 11.5 Å². The molecule has 0 spiro atoms. The fourth-order valence-electron chi connectivity index (χ4n) is 3.36. The molecule has 4 aromatic rings. The van der Waals surface area contributed by atoms with E-state index in [1.165, 1.54) is 23.0 Å². The molecule has 0 saturated heterocycles. The monoisotopic (exact) mass is 423 g/mol. The molecular weight excluding hydrogens is 401 g/mol. The number of rotatable bonds is 5. The van der Waals surface area contributed by atoms with Crippen molar-refractivity contribution in [3.8, 4) is 5.75 Å². The van der Waals surface area contributed by atoms with Crippen molar-refractivity contribution in [3.05, 3.63) is 76.8 Å². The van der Waals surface area contributed by atoms with Crippen LogP contribution in [0, 0.1) is 5.82 Å². The third kappa shape index (κ3) is 4.45. The summed E-state index contributed by atoms with van der Waals surface area (Å²) in [5, 5.41) is 4.47. The van der Waals surface area contributed by atoms with Gasteiger partial charge in [0, 0.05) is 18.2 Å². The van der Waals surface area contributed by atoms with Gasteiger partial charge in [-0.1, -0.05) is 25.1 Å². The first-order valence-corrected chi connectivity index (χ1v) is 10.2. The molecule has 1 fully saturated rings. The molecule has 1 saturated carbocycles. The fourth-order valence-corrected chi connectivity index (χ4v) is 3.36. The van der Waals surface area contributed by atoms with E-state index in [0.29, 0.717) is 28.5 Å². The van der Waals surface area contributed by atoms with Crippen molar-refractivity contribution in [1.29, 1.82) is 0 Å². The molecule has 0 bridgehead atoms. The number of hydrogen-bond donors (Lipinski definition) is 0. The molecule has 1 aliphatic rings. The van der Waals surface area contributed by atoms with E-state index in [1.54, 1.807) is 30.5 Å². The Bertz CT molecular complexity index is 1230. The smallest absolute Gasteiger partial charge is 0.263 e. The van der Waals surface area contributed by atoms with E-state index < -0.39 is 0 Å². The number of ether oxygens (including phenoxy) is 1. The second-order valence-corrected chi connectivity index (χ2v) is 6.96. The number of hydrogen-bond acceptors (Lipinski definition) is 7. The van der Waals surface area contributed by atoms with Gasteiger partial charge in [0.1, 0.15) is 30.5 Å². The van der Waals surface area contributed by atoms with Crippen LogP contribution < -0.4 is 10.3 Å². The van der Waals surface area contributed by atoms with Crippen LogP contribution in [0.25, 0.3) is 11.0 Å². The zero-order valence-corrected chi connectivity index (χ0v) is 17.2. The van der Waals surface area contributed by atoms with Crippen molar-refractivity contribution in [1.82, 2.24) is 24.7 Å². The zero-order chi connectivity index (χ0) is 21.8. The van der Waals surface area contributed by atoms with Crippen molar-refractivity contribution in [2.24, 2.45) is 0 Å². The molecular formula is C22H22FN5O3. The summed E-state index contributed by atoms with van der Waals surface area (Å²) in [6.45, 7) is 4.14. The molecule has 160 valence electrons. The molecule has 8 nitrogen and oxygen atoms in total. The standard InChI is InChI=1S/C20H16FN5O3.C2H6/c21-13-3-1-4-14(9-13)28-15-7-12(8-15)18-24-17(29-25-18)10-26-11-23-19-16(20(26)27)5-2-6-22-19;1-2/h1-6,9,11-12,15H,7-8,10H2;1-2H3. The molecule has 0 atom stereocenters. The number of benzene rings is 1. The van der Waals surface area contributed by atoms with Gasteiger partial charge in [-0.25, -0.2) is 14.4 Å². The van der Waals surface area contributed by atoms with Crippen LogP contribution in [-0.4, -0.2) is 30.8 Å². The van der Waals surface area contributed by atoms with Gasteiger partial charge < -0.3 is 9.26 Å². The quantitative estimate of drug-likeness (QED) is 0.483. The van der Waals surface area contributed by atoms with E-state index in [1.807, 2.05) is 13.8 Å².